The van der Waals surface area contributed by atoms with E-state index in [1.165, 1.54) is 12.1 Å². The molecule has 0 amide bonds. The number of hydrogen-bond donors (Lipinski definition) is 1. The standard InChI is InChI=1S/C15H17ClFN3/c1-2-3-13-10-14(20-15(16)19-13)18-9-8-11-4-6-12(17)7-5-11/h4-7,10H,2-3,8-9H2,1H3,(H,18,19,20). The van der Waals surface area contributed by atoms with Crippen molar-refractivity contribution in [1.82, 2.24) is 9.97 Å². The fourth-order valence-electron chi connectivity index (χ4n) is 1.93. The molecule has 0 aliphatic rings. The number of halogens is 2. The van der Waals surface area contributed by atoms with Gasteiger partial charge in [0.25, 0.3) is 0 Å². The largest absolute Gasteiger partial charge is 0.370 e. The summed E-state index contributed by atoms with van der Waals surface area (Å²) in [5, 5.41) is 3.48. The lowest BCUT2D eigenvalue weighted by molar-refractivity contribution is 0.627. The van der Waals surface area contributed by atoms with E-state index in [9.17, 15) is 4.39 Å². The average molecular weight is 294 g/mol. The summed E-state index contributed by atoms with van der Waals surface area (Å²) >= 11 is 5.90. The molecule has 0 spiro atoms. The minimum atomic E-state index is -0.214. The zero-order valence-corrected chi connectivity index (χ0v) is 12.1. The molecule has 2 aromatic rings. The van der Waals surface area contributed by atoms with Gasteiger partial charge < -0.3 is 5.32 Å². The molecule has 5 heteroatoms. The second kappa shape index (κ2) is 7.20. The molecule has 1 heterocycles. The molecule has 0 atom stereocenters. The van der Waals surface area contributed by atoms with Gasteiger partial charge in [0.2, 0.25) is 5.28 Å². The van der Waals surface area contributed by atoms with Crippen LogP contribution in [0.25, 0.3) is 0 Å². The number of nitrogens with zero attached hydrogens (tertiary/aromatic N) is 2. The Morgan fingerprint density at radius 3 is 2.60 bits per heavy atom. The van der Waals surface area contributed by atoms with Crippen molar-refractivity contribution in [2.75, 3.05) is 11.9 Å². The molecule has 3 nitrogen and oxygen atoms in total. The van der Waals surface area contributed by atoms with Gasteiger partial charge in [-0.2, -0.15) is 0 Å². The highest BCUT2D eigenvalue weighted by Crippen LogP contribution is 2.12. The van der Waals surface area contributed by atoms with Crippen molar-refractivity contribution < 1.29 is 4.39 Å². The second-order valence-electron chi connectivity index (χ2n) is 4.57. The third-order valence-electron chi connectivity index (χ3n) is 2.89. The normalized spacial score (nSPS) is 10.6. The summed E-state index contributed by atoms with van der Waals surface area (Å²) in [4.78, 5) is 8.32. The monoisotopic (exact) mass is 293 g/mol. The average Bonchev–Trinajstić information content (AvgIpc) is 2.41. The van der Waals surface area contributed by atoms with Gasteiger partial charge in [0.1, 0.15) is 11.6 Å². The molecule has 0 aliphatic carbocycles. The Hall–Kier alpha value is -1.68. The maximum absolute atomic E-state index is 12.8. The van der Waals surface area contributed by atoms with E-state index in [0.29, 0.717) is 6.54 Å². The molecule has 20 heavy (non-hydrogen) atoms. The van der Waals surface area contributed by atoms with Gasteiger partial charge >= 0.3 is 0 Å². The molecule has 0 saturated heterocycles. The second-order valence-corrected chi connectivity index (χ2v) is 4.90. The van der Waals surface area contributed by atoms with Gasteiger partial charge in [-0.3, -0.25) is 0 Å². The highest BCUT2D eigenvalue weighted by Gasteiger charge is 2.02. The zero-order chi connectivity index (χ0) is 14.4. The van der Waals surface area contributed by atoms with Crippen LogP contribution < -0.4 is 5.32 Å². The first-order chi connectivity index (χ1) is 9.67. The Kier molecular flexibility index (Phi) is 5.30. The van der Waals surface area contributed by atoms with Crippen molar-refractivity contribution in [1.29, 1.82) is 0 Å². The lowest BCUT2D eigenvalue weighted by Gasteiger charge is -2.07. The van der Waals surface area contributed by atoms with Crippen LogP contribution in [0.1, 0.15) is 24.6 Å². The van der Waals surface area contributed by atoms with Crippen molar-refractivity contribution in [2.45, 2.75) is 26.2 Å². The van der Waals surface area contributed by atoms with Gasteiger partial charge in [-0.25, -0.2) is 14.4 Å². The number of aromatic nitrogens is 2. The summed E-state index contributed by atoms with van der Waals surface area (Å²) in [6.07, 6.45) is 2.70. The van der Waals surface area contributed by atoms with E-state index in [-0.39, 0.29) is 11.1 Å². The van der Waals surface area contributed by atoms with E-state index in [2.05, 4.69) is 22.2 Å². The number of anilines is 1. The van der Waals surface area contributed by atoms with E-state index in [1.54, 1.807) is 12.1 Å². The van der Waals surface area contributed by atoms with Crippen molar-refractivity contribution in [3.63, 3.8) is 0 Å². The van der Waals surface area contributed by atoms with Gasteiger partial charge in [0, 0.05) is 18.3 Å². The summed E-state index contributed by atoms with van der Waals surface area (Å²) in [6, 6.07) is 8.42. The fraction of sp³-hybridized carbons (Fsp3) is 0.333. The van der Waals surface area contributed by atoms with E-state index >= 15 is 0 Å². The SMILES string of the molecule is CCCc1cc(NCCc2ccc(F)cc2)nc(Cl)n1. The van der Waals surface area contributed by atoms with Gasteiger partial charge in [0.15, 0.2) is 0 Å². The van der Waals surface area contributed by atoms with Crippen molar-refractivity contribution >= 4 is 17.4 Å². The van der Waals surface area contributed by atoms with Crippen molar-refractivity contribution in [3.05, 3.63) is 52.7 Å². The molecular weight excluding hydrogens is 277 g/mol. The molecular formula is C15H17ClFN3. The predicted molar refractivity (Wildman–Crippen MR) is 79.6 cm³/mol. The summed E-state index contributed by atoms with van der Waals surface area (Å²) < 4.78 is 12.8. The van der Waals surface area contributed by atoms with Crippen LogP contribution in [0.4, 0.5) is 10.2 Å². The van der Waals surface area contributed by atoms with Crippen LogP contribution in [0.3, 0.4) is 0 Å². The van der Waals surface area contributed by atoms with Gasteiger partial charge in [0.05, 0.1) is 0 Å². The van der Waals surface area contributed by atoms with Crippen LogP contribution in [-0.2, 0) is 12.8 Å². The first-order valence-corrected chi connectivity index (χ1v) is 7.07. The minimum Gasteiger partial charge on any atom is -0.370 e. The number of aryl methyl sites for hydroxylation is 1. The Bertz CT molecular complexity index is 558. The molecule has 0 unspecified atom stereocenters. The van der Waals surface area contributed by atoms with Crippen LogP contribution in [0.5, 0.6) is 0 Å². The van der Waals surface area contributed by atoms with Crippen molar-refractivity contribution in [3.8, 4) is 0 Å². The van der Waals surface area contributed by atoms with Crippen LogP contribution >= 0.6 is 11.6 Å². The first-order valence-electron chi connectivity index (χ1n) is 6.69. The molecule has 106 valence electrons. The fourth-order valence-corrected chi connectivity index (χ4v) is 2.13. The zero-order valence-electron chi connectivity index (χ0n) is 11.4. The number of benzene rings is 1. The molecule has 2 rings (SSSR count). The lowest BCUT2D eigenvalue weighted by atomic mass is 10.1. The van der Waals surface area contributed by atoms with Crippen LogP contribution in [0.2, 0.25) is 5.28 Å². The van der Waals surface area contributed by atoms with E-state index in [4.69, 9.17) is 11.6 Å². The molecule has 0 saturated carbocycles. The third kappa shape index (κ3) is 4.46. The van der Waals surface area contributed by atoms with E-state index < -0.39 is 0 Å². The number of nitrogens with one attached hydrogen (secondary N) is 1. The summed E-state index contributed by atoms with van der Waals surface area (Å²) in [5.41, 5.74) is 2.02. The molecule has 0 bridgehead atoms. The van der Waals surface area contributed by atoms with E-state index in [0.717, 1.165) is 36.3 Å². The summed E-state index contributed by atoms with van der Waals surface area (Å²) in [7, 11) is 0. The maximum Gasteiger partial charge on any atom is 0.224 e. The Balaban J connectivity index is 1.91. The Morgan fingerprint density at radius 1 is 1.15 bits per heavy atom. The third-order valence-corrected chi connectivity index (χ3v) is 3.06. The predicted octanol–water partition coefficient (Wildman–Crippen LogP) is 3.88. The Labute approximate surface area is 123 Å². The molecule has 0 aliphatic heterocycles. The molecule has 0 radical (unpaired) electrons. The van der Waals surface area contributed by atoms with Crippen LogP contribution in [0, 0.1) is 5.82 Å². The Morgan fingerprint density at radius 2 is 1.90 bits per heavy atom. The summed E-state index contributed by atoms with van der Waals surface area (Å²) in [6.45, 7) is 2.81. The van der Waals surface area contributed by atoms with Gasteiger partial charge in [-0.05, 0) is 42.1 Å². The van der Waals surface area contributed by atoms with E-state index in [1.807, 2.05) is 6.07 Å². The molecule has 1 N–H and O–H groups in total. The molecule has 1 aromatic heterocycles. The number of rotatable bonds is 6. The first kappa shape index (κ1) is 14.7. The maximum atomic E-state index is 12.8. The topological polar surface area (TPSA) is 37.8 Å². The highest BCUT2D eigenvalue weighted by atomic mass is 35.5. The van der Waals surface area contributed by atoms with Gasteiger partial charge in [-0.15, -0.1) is 0 Å². The van der Waals surface area contributed by atoms with Crippen LogP contribution in [0.15, 0.2) is 30.3 Å². The molecule has 0 fully saturated rings. The van der Waals surface area contributed by atoms with Gasteiger partial charge in [-0.1, -0.05) is 25.5 Å². The highest BCUT2D eigenvalue weighted by molar-refractivity contribution is 6.28. The quantitative estimate of drug-likeness (QED) is 0.822. The lowest BCUT2D eigenvalue weighted by Crippen LogP contribution is -2.07. The van der Waals surface area contributed by atoms with Crippen LogP contribution in [-0.4, -0.2) is 16.5 Å². The minimum absolute atomic E-state index is 0.214. The smallest absolute Gasteiger partial charge is 0.224 e. The summed E-state index contributed by atoms with van der Waals surface area (Å²) in [5.74, 6) is 0.518. The number of hydrogen-bond acceptors (Lipinski definition) is 3. The van der Waals surface area contributed by atoms with Crippen molar-refractivity contribution in [2.24, 2.45) is 0 Å². The molecule has 1 aromatic carbocycles.